The SMILES string of the molecule is CCN(Cc1ccc(OCCN(C)C[C@H]2CCCO2)c(F)c1)c1cc(OC)c(OC)cc1[C@@H]1CCc2cc(O)ccc2C1. The molecule has 0 saturated carbocycles. The van der Waals surface area contributed by atoms with Crippen molar-refractivity contribution in [2.45, 2.75) is 57.6 Å². The van der Waals surface area contributed by atoms with Gasteiger partial charge in [0.25, 0.3) is 0 Å². The number of hydrogen-bond acceptors (Lipinski definition) is 7. The van der Waals surface area contributed by atoms with Crippen LogP contribution in [0.1, 0.15) is 54.4 Å². The molecule has 3 aromatic carbocycles. The molecule has 5 rings (SSSR count). The Kier molecular flexibility index (Phi) is 10.3. The number of fused-ring (bicyclic) bond motifs is 1. The van der Waals surface area contributed by atoms with Crippen molar-refractivity contribution >= 4 is 5.69 Å². The number of phenols is 1. The van der Waals surface area contributed by atoms with Crippen LogP contribution in [0, 0.1) is 5.82 Å². The Morgan fingerprint density at radius 1 is 0.977 bits per heavy atom. The second kappa shape index (κ2) is 14.3. The topological polar surface area (TPSA) is 63.6 Å². The minimum absolute atomic E-state index is 0.270. The number of likely N-dealkylation sites (N-methyl/N-ethyl adjacent to an activating group) is 1. The third-order valence-electron chi connectivity index (χ3n) is 8.75. The lowest BCUT2D eigenvalue weighted by molar-refractivity contribution is 0.0769. The van der Waals surface area contributed by atoms with Gasteiger partial charge in [-0.25, -0.2) is 4.39 Å². The second-order valence-electron chi connectivity index (χ2n) is 11.7. The molecule has 0 unspecified atom stereocenters. The Morgan fingerprint density at radius 2 is 1.79 bits per heavy atom. The number of aromatic hydroxyl groups is 1. The van der Waals surface area contributed by atoms with Crippen molar-refractivity contribution < 1.29 is 28.4 Å². The molecule has 43 heavy (non-hydrogen) atoms. The van der Waals surface area contributed by atoms with E-state index in [0.29, 0.717) is 36.9 Å². The van der Waals surface area contributed by atoms with E-state index in [-0.39, 0.29) is 23.6 Å². The second-order valence-corrected chi connectivity index (χ2v) is 11.7. The first-order valence-corrected chi connectivity index (χ1v) is 15.4. The predicted octanol–water partition coefficient (Wildman–Crippen LogP) is 6.34. The lowest BCUT2D eigenvalue weighted by Gasteiger charge is -2.32. The molecule has 1 aliphatic carbocycles. The van der Waals surface area contributed by atoms with Crippen LogP contribution in [0.25, 0.3) is 0 Å². The average molecular weight is 593 g/mol. The van der Waals surface area contributed by atoms with Crippen LogP contribution in [0.2, 0.25) is 0 Å². The standard InChI is InChI=1S/C35H45FN2O5/c1-5-38(22-24-8-13-33(31(36)17-24)43-16-14-37(2)23-29-7-6-15-42-29)32-21-35(41-4)34(40-3)20-30(32)27-10-9-26-19-28(39)12-11-25(26)18-27/h8,11-13,17,19-21,27,29,39H,5-7,9-10,14-16,18,22-23H2,1-4H3/t27-,29-/m1/s1. The Morgan fingerprint density at radius 3 is 2.51 bits per heavy atom. The summed E-state index contributed by atoms with van der Waals surface area (Å²) in [5, 5.41) is 9.96. The highest BCUT2D eigenvalue weighted by Gasteiger charge is 2.26. The Balaban J connectivity index is 1.31. The number of ether oxygens (including phenoxy) is 4. The van der Waals surface area contributed by atoms with Gasteiger partial charge in [-0.15, -0.1) is 0 Å². The molecule has 8 heteroatoms. The first-order chi connectivity index (χ1) is 20.9. The summed E-state index contributed by atoms with van der Waals surface area (Å²) in [6.07, 6.45) is 5.24. The molecule has 0 bridgehead atoms. The Hall–Kier alpha value is -3.49. The molecule has 0 aromatic heterocycles. The summed E-state index contributed by atoms with van der Waals surface area (Å²) >= 11 is 0. The summed E-state index contributed by atoms with van der Waals surface area (Å²) in [6.45, 7) is 6.22. The number of rotatable bonds is 13. The summed E-state index contributed by atoms with van der Waals surface area (Å²) < 4.78 is 38.1. The van der Waals surface area contributed by atoms with Crippen molar-refractivity contribution in [2.75, 3.05) is 59.0 Å². The zero-order valence-electron chi connectivity index (χ0n) is 25.9. The van der Waals surface area contributed by atoms with E-state index >= 15 is 4.39 Å². The van der Waals surface area contributed by atoms with Gasteiger partial charge in [0.05, 0.1) is 20.3 Å². The van der Waals surface area contributed by atoms with E-state index in [1.165, 1.54) is 16.7 Å². The summed E-state index contributed by atoms with van der Waals surface area (Å²) in [5.41, 5.74) is 5.58. The van der Waals surface area contributed by atoms with Crippen LogP contribution in [0.4, 0.5) is 10.1 Å². The smallest absolute Gasteiger partial charge is 0.165 e. The maximum Gasteiger partial charge on any atom is 0.165 e. The van der Waals surface area contributed by atoms with Gasteiger partial charge in [-0.05, 0) is 105 Å². The summed E-state index contributed by atoms with van der Waals surface area (Å²) in [6, 6.07) is 15.1. The fourth-order valence-corrected chi connectivity index (χ4v) is 6.38. The zero-order valence-corrected chi connectivity index (χ0v) is 25.9. The molecule has 1 aliphatic heterocycles. The van der Waals surface area contributed by atoms with E-state index in [2.05, 4.69) is 22.8 Å². The van der Waals surface area contributed by atoms with Crippen LogP contribution in [-0.4, -0.2) is 70.2 Å². The van der Waals surface area contributed by atoms with Gasteiger partial charge in [0.15, 0.2) is 23.1 Å². The quantitative estimate of drug-likeness (QED) is 0.249. The molecule has 232 valence electrons. The van der Waals surface area contributed by atoms with Gasteiger partial charge in [0.2, 0.25) is 0 Å². The third-order valence-corrected chi connectivity index (χ3v) is 8.75. The van der Waals surface area contributed by atoms with Crippen LogP contribution in [0.15, 0.2) is 48.5 Å². The first kappa shape index (κ1) is 31.0. The molecule has 2 aliphatic rings. The van der Waals surface area contributed by atoms with Crippen molar-refractivity contribution in [1.82, 2.24) is 4.90 Å². The zero-order chi connectivity index (χ0) is 30.3. The fourth-order valence-electron chi connectivity index (χ4n) is 6.38. The van der Waals surface area contributed by atoms with Crippen molar-refractivity contribution in [1.29, 1.82) is 0 Å². The van der Waals surface area contributed by atoms with E-state index in [4.69, 9.17) is 18.9 Å². The lowest BCUT2D eigenvalue weighted by Crippen LogP contribution is -2.32. The molecule has 1 N–H and O–H groups in total. The summed E-state index contributed by atoms with van der Waals surface area (Å²) in [4.78, 5) is 4.44. The maximum atomic E-state index is 15.2. The summed E-state index contributed by atoms with van der Waals surface area (Å²) in [5.74, 6) is 1.87. The van der Waals surface area contributed by atoms with E-state index in [1.807, 2.05) is 31.3 Å². The van der Waals surface area contributed by atoms with Crippen LogP contribution >= 0.6 is 0 Å². The van der Waals surface area contributed by atoms with Crippen molar-refractivity contribution in [3.63, 3.8) is 0 Å². The van der Waals surface area contributed by atoms with E-state index < -0.39 is 0 Å². The number of aryl methyl sites for hydroxylation is 1. The van der Waals surface area contributed by atoms with E-state index in [9.17, 15) is 5.11 Å². The van der Waals surface area contributed by atoms with Gasteiger partial charge in [0.1, 0.15) is 12.4 Å². The molecular formula is C35H45FN2O5. The maximum absolute atomic E-state index is 15.2. The third kappa shape index (κ3) is 7.54. The minimum Gasteiger partial charge on any atom is -0.508 e. The Bertz CT molecular complexity index is 1380. The largest absolute Gasteiger partial charge is 0.508 e. The van der Waals surface area contributed by atoms with Gasteiger partial charge in [-0.1, -0.05) is 12.1 Å². The molecule has 2 atom stereocenters. The molecule has 1 saturated heterocycles. The molecule has 0 spiro atoms. The van der Waals surface area contributed by atoms with Gasteiger partial charge < -0.3 is 33.9 Å². The average Bonchev–Trinajstić information content (AvgIpc) is 3.53. The Labute approximate surface area is 255 Å². The van der Waals surface area contributed by atoms with Gasteiger partial charge in [-0.2, -0.15) is 0 Å². The van der Waals surface area contributed by atoms with Gasteiger partial charge in [-0.3, -0.25) is 0 Å². The number of hydrogen-bond donors (Lipinski definition) is 1. The van der Waals surface area contributed by atoms with Gasteiger partial charge in [0, 0.05) is 44.5 Å². The first-order valence-electron chi connectivity index (χ1n) is 15.4. The lowest BCUT2D eigenvalue weighted by atomic mass is 9.79. The number of phenolic OH excluding ortho intramolecular Hbond substituents is 1. The van der Waals surface area contributed by atoms with Crippen LogP contribution < -0.4 is 19.1 Å². The van der Waals surface area contributed by atoms with Gasteiger partial charge >= 0.3 is 0 Å². The number of anilines is 1. The molecule has 0 amide bonds. The number of benzene rings is 3. The molecule has 1 heterocycles. The van der Waals surface area contributed by atoms with Crippen LogP contribution in [-0.2, 0) is 24.1 Å². The molecule has 0 radical (unpaired) electrons. The van der Waals surface area contributed by atoms with Crippen LogP contribution in [0.5, 0.6) is 23.0 Å². The van der Waals surface area contributed by atoms with Crippen molar-refractivity contribution in [2.24, 2.45) is 0 Å². The highest BCUT2D eigenvalue weighted by molar-refractivity contribution is 5.64. The monoisotopic (exact) mass is 592 g/mol. The van der Waals surface area contributed by atoms with E-state index in [0.717, 1.165) is 63.1 Å². The molecule has 3 aromatic rings. The molecular weight excluding hydrogens is 547 g/mol. The highest BCUT2D eigenvalue weighted by Crippen LogP contribution is 2.43. The summed E-state index contributed by atoms with van der Waals surface area (Å²) in [7, 11) is 5.35. The number of methoxy groups -OCH3 is 2. The minimum atomic E-state index is -0.352. The van der Waals surface area contributed by atoms with E-state index in [1.54, 1.807) is 32.4 Å². The van der Waals surface area contributed by atoms with Crippen molar-refractivity contribution in [3.8, 4) is 23.0 Å². The number of halogens is 1. The normalized spacial score (nSPS) is 18.0. The predicted molar refractivity (Wildman–Crippen MR) is 168 cm³/mol. The molecule has 7 nitrogen and oxygen atoms in total. The fraction of sp³-hybridized carbons (Fsp3) is 0.486. The highest BCUT2D eigenvalue weighted by atomic mass is 19.1. The van der Waals surface area contributed by atoms with Crippen molar-refractivity contribution in [3.05, 3.63) is 76.6 Å². The molecule has 1 fully saturated rings. The van der Waals surface area contributed by atoms with Crippen LogP contribution in [0.3, 0.4) is 0 Å². The number of nitrogens with zero attached hydrogens (tertiary/aromatic N) is 2.